The van der Waals surface area contributed by atoms with Crippen molar-refractivity contribution in [2.24, 2.45) is 5.92 Å². The molecule has 1 aromatic heterocycles. The summed E-state index contributed by atoms with van der Waals surface area (Å²) in [5.74, 6) is -3.99. The molecule has 1 aromatic carbocycles. The number of carbonyl (C=O) groups excluding carboxylic acids is 2. The first-order valence-electron chi connectivity index (χ1n) is 9.90. The van der Waals surface area contributed by atoms with Crippen LogP contribution >= 0.6 is 0 Å². The van der Waals surface area contributed by atoms with Gasteiger partial charge in [0.2, 0.25) is 0 Å². The molecule has 8 nitrogen and oxygen atoms in total. The van der Waals surface area contributed by atoms with Crippen molar-refractivity contribution < 1.29 is 37.7 Å². The fraction of sp³-hybridized carbons (Fsp3) is 0.409. The van der Waals surface area contributed by atoms with Crippen LogP contribution in [0.25, 0.3) is 0 Å². The van der Waals surface area contributed by atoms with Crippen molar-refractivity contribution in [1.29, 1.82) is 0 Å². The van der Waals surface area contributed by atoms with Gasteiger partial charge in [-0.2, -0.15) is 0 Å². The first kappa shape index (κ1) is 24.8. The van der Waals surface area contributed by atoms with Crippen LogP contribution in [0.2, 0.25) is 0 Å². The molecule has 2 N–H and O–H groups in total. The number of esters is 1. The Morgan fingerprint density at radius 1 is 1.09 bits per heavy atom. The highest BCUT2D eigenvalue weighted by atomic mass is 19.1. The standard InChI is InChI=1S/C22H26F2N2O6/c1-11(2)20(13(4)31-16-7-6-14(23)10-15(16)24)32-22(29)12(3)26-21(28)18-19(27)17(30-5)8-9-25-18/h6-13,20,27H,1-5H3,(H,26,28)/t12-,13-,20+/m0/s1. The summed E-state index contributed by atoms with van der Waals surface area (Å²) in [6, 6.07) is 3.18. The fourth-order valence-electron chi connectivity index (χ4n) is 2.94. The van der Waals surface area contributed by atoms with Crippen LogP contribution in [-0.2, 0) is 9.53 Å². The number of methoxy groups -OCH3 is 1. The van der Waals surface area contributed by atoms with Gasteiger partial charge < -0.3 is 24.6 Å². The summed E-state index contributed by atoms with van der Waals surface area (Å²) in [5.41, 5.74) is -0.312. The smallest absolute Gasteiger partial charge is 0.328 e. The Morgan fingerprint density at radius 3 is 2.38 bits per heavy atom. The van der Waals surface area contributed by atoms with E-state index in [4.69, 9.17) is 14.2 Å². The van der Waals surface area contributed by atoms with E-state index in [1.165, 1.54) is 26.3 Å². The number of ether oxygens (including phenoxy) is 3. The lowest BCUT2D eigenvalue weighted by molar-refractivity contribution is -0.158. The topological polar surface area (TPSA) is 107 Å². The maximum atomic E-state index is 13.9. The van der Waals surface area contributed by atoms with Gasteiger partial charge in [-0.1, -0.05) is 13.8 Å². The van der Waals surface area contributed by atoms with E-state index in [0.717, 1.165) is 12.1 Å². The molecule has 174 valence electrons. The van der Waals surface area contributed by atoms with Gasteiger partial charge >= 0.3 is 5.97 Å². The molecule has 0 spiro atoms. The van der Waals surface area contributed by atoms with Gasteiger partial charge in [0.05, 0.1) is 7.11 Å². The minimum absolute atomic E-state index is 0.0549. The van der Waals surface area contributed by atoms with Gasteiger partial charge in [0, 0.05) is 18.3 Å². The zero-order valence-corrected chi connectivity index (χ0v) is 18.4. The second-order valence-corrected chi connectivity index (χ2v) is 7.45. The third-order valence-corrected chi connectivity index (χ3v) is 4.60. The molecule has 0 bridgehead atoms. The van der Waals surface area contributed by atoms with Crippen LogP contribution < -0.4 is 14.8 Å². The first-order valence-corrected chi connectivity index (χ1v) is 9.90. The Labute approximate surface area is 184 Å². The fourth-order valence-corrected chi connectivity index (χ4v) is 2.94. The van der Waals surface area contributed by atoms with Crippen LogP contribution in [-0.4, -0.2) is 47.3 Å². The van der Waals surface area contributed by atoms with Gasteiger partial charge in [0.25, 0.3) is 5.91 Å². The molecule has 0 aliphatic heterocycles. The number of rotatable bonds is 9. The molecule has 0 aliphatic carbocycles. The number of halogens is 2. The molecule has 1 amide bonds. The highest BCUT2D eigenvalue weighted by molar-refractivity contribution is 5.97. The predicted octanol–water partition coefficient (Wildman–Crippen LogP) is 3.23. The van der Waals surface area contributed by atoms with Crippen molar-refractivity contribution >= 4 is 11.9 Å². The molecule has 0 saturated heterocycles. The Bertz CT molecular complexity index is 969. The van der Waals surface area contributed by atoms with Gasteiger partial charge in [-0.25, -0.2) is 18.6 Å². The third-order valence-electron chi connectivity index (χ3n) is 4.60. The van der Waals surface area contributed by atoms with E-state index in [2.05, 4.69) is 10.3 Å². The monoisotopic (exact) mass is 452 g/mol. The number of nitrogens with zero attached hydrogens (tertiary/aromatic N) is 1. The van der Waals surface area contributed by atoms with E-state index < -0.39 is 47.5 Å². The number of aromatic nitrogens is 1. The molecule has 1 heterocycles. The molecule has 0 unspecified atom stereocenters. The molecule has 0 aliphatic rings. The van der Waals surface area contributed by atoms with Crippen LogP contribution in [0, 0.1) is 17.6 Å². The number of aromatic hydroxyl groups is 1. The lowest BCUT2D eigenvalue weighted by Crippen LogP contribution is -2.45. The normalized spacial score (nSPS) is 13.8. The molecule has 0 saturated carbocycles. The highest BCUT2D eigenvalue weighted by Gasteiger charge is 2.30. The maximum Gasteiger partial charge on any atom is 0.328 e. The first-order chi connectivity index (χ1) is 15.0. The Morgan fingerprint density at radius 2 is 1.78 bits per heavy atom. The highest BCUT2D eigenvalue weighted by Crippen LogP contribution is 2.27. The van der Waals surface area contributed by atoms with Crippen molar-refractivity contribution in [3.05, 3.63) is 47.8 Å². The van der Waals surface area contributed by atoms with Crippen LogP contribution in [0.4, 0.5) is 8.78 Å². The van der Waals surface area contributed by atoms with E-state index in [-0.39, 0.29) is 23.1 Å². The summed E-state index contributed by atoms with van der Waals surface area (Å²) in [4.78, 5) is 28.8. The molecular weight excluding hydrogens is 426 g/mol. The van der Waals surface area contributed by atoms with Crippen LogP contribution in [0.15, 0.2) is 30.5 Å². The number of benzene rings is 1. The molecule has 3 atom stereocenters. The van der Waals surface area contributed by atoms with Crippen molar-refractivity contribution in [3.8, 4) is 17.2 Å². The lowest BCUT2D eigenvalue weighted by atomic mass is 10.0. The summed E-state index contributed by atoms with van der Waals surface area (Å²) in [6.07, 6.45) is -0.292. The number of nitrogens with one attached hydrogen (secondary N) is 1. The zero-order valence-electron chi connectivity index (χ0n) is 18.4. The summed E-state index contributed by atoms with van der Waals surface area (Å²) in [7, 11) is 1.32. The van der Waals surface area contributed by atoms with Crippen molar-refractivity contribution in [3.63, 3.8) is 0 Å². The molecule has 0 radical (unpaired) electrons. The minimum Gasteiger partial charge on any atom is -0.503 e. The zero-order chi connectivity index (χ0) is 24.0. The van der Waals surface area contributed by atoms with Gasteiger partial charge in [0.1, 0.15) is 24.1 Å². The van der Waals surface area contributed by atoms with Crippen molar-refractivity contribution in [2.75, 3.05) is 7.11 Å². The second-order valence-electron chi connectivity index (χ2n) is 7.45. The van der Waals surface area contributed by atoms with E-state index in [9.17, 15) is 23.5 Å². The van der Waals surface area contributed by atoms with E-state index in [1.54, 1.807) is 20.8 Å². The summed E-state index contributed by atoms with van der Waals surface area (Å²) in [5, 5.41) is 12.4. The van der Waals surface area contributed by atoms with Crippen molar-refractivity contribution in [1.82, 2.24) is 10.3 Å². The molecule has 0 fully saturated rings. The number of hydrogen-bond donors (Lipinski definition) is 2. The summed E-state index contributed by atoms with van der Waals surface area (Å²) in [6.45, 7) is 6.54. The largest absolute Gasteiger partial charge is 0.503 e. The average molecular weight is 452 g/mol. The number of pyridine rings is 1. The minimum atomic E-state index is -1.09. The molecule has 2 aromatic rings. The maximum absolute atomic E-state index is 13.9. The average Bonchev–Trinajstić information content (AvgIpc) is 2.73. The predicted molar refractivity (Wildman–Crippen MR) is 111 cm³/mol. The number of carbonyl (C=O) groups is 2. The van der Waals surface area contributed by atoms with Crippen LogP contribution in [0.1, 0.15) is 38.2 Å². The number of amides is 1. The van der Waals surface area contributed by atoms with Crippen molar-refractivity contribution in [2.45, 2.75) is 45.9 Å². The Kier molecular flexibility index (Phi) is 8.34. The molecule has 32 heavy (non-hydrogen) atoms. The SMILES string of the molecule is COc1ccnc(C(=O)N[C@@H](C)C(=O)O[C@H](C(C)C)[C@H](C)Oc2ccc(F)cc2F)c1O. The molecular formula is C22H26F2N2O6. The van der Waals surface area contributed by atoms with Gasteiger partial charge in [-0.15, -0.1) is 0 Å². The third kappa shape index (κ3) is 6.05. The van der Waals surface area contributed by atoms with E-state index in [1.807, 2.05) is 0 Å². The van der Waals surface area contributed by atoms with Crippen LogP contribution in [0.5, 0.6) is 17.2 Å². The van der Waals surface area contributed by atoms with Gasteiger partial charge in [0.15, 0.2) is 28.8 Å². The molecule has 10 heteroatoms. The Balaban J connectivity index is 2.06. The summed E-state index contributed by atoms with van der Waals surface area (Å²) < 4.78 is 43.0. The van der Waals surface area contributed by atoms with Crippen LogP contribution in [0.3, 0.4) is 0 Å². The van der Waals surface area contributed by atoms with E-state index in [0.29, 0.717) is 6.07 Å². The van der Waals surface area contributed by atoms with Gasteiger partial charge in [-0.05, 0) is 31.9 Å². The second kappa shape index (κ2) is 10.7. The van der Waals surface area contributed by atoms with E-state index >= 15 is 0 Å². The summed E-state index contributed by atoms with van der Waals surface area (Å²) >= 11 is 0. The lowest BCUT2D eigenvalue weighted by Gasteiger charge is -2.29. The Hall–Kier alpha value is -3.43. The quantitative estimate of drug-likeness (QED) is 0.563. The number of hydrogen-bond acceptors (Lipinski definition) is 7. The molecule has 2 rings (SSSR count). The van der Waals surface area contributed by atoms with Gasteiger partial charge in [-0.3, -0.25) is 4.79 Å².